The SMILES string of the molecule is CCCOC(CCCCCC=COCOC)OCCC. The van der Waals surface area contributed by atoms with Gasteiger partial charge in [0.05, 0.1) is 6.26 Å². The maximum absolute atomic E-state index is 5.70. The lowest BCUT2D eigenvalue weighted by Gasteiger charge is -2.17. The lowest BCUT2D eigenvalue weighted by atomic mass is 10.1. The van der Waals surface area contributed by atoms with Gasteiger partial charge in [0.15, 0.2) is 13.1 Å². The van der Waals surface area contributed by atoms with Crippen molar-refractivity contribution >= 4 is 0 Å². The Balaban J connectivity index is 3.49. The van der Waals surface area contributed by atoms with Crippen LogP contribution in [-0.4, -0.2) is 33.4 Å². The van der Waals surface area contributed by atoms with E-state index in [-0.39, 0.29) is 6.29 Å². The number of methoxy groups -OCH3 is 1. The average Bonchev–Trinajstić information content (AvgIpc) is 2.47. The summed E-state index contributed by atoms with van der Waals surface area (Å²) in [6.45, 7) is 6.13. The second kappa shape index (κ2) is 16.5. The third kappa shape index (κ3) is 13.8. The maximum Gasteiger partial charge on any atom is 0.187 e. The Morgan fingerprint density at radius 3 is 2.25 bits per heavy atom. The number of allylic oxidation sites excluding steroid dienone is 1. The Kier molecular flexibility index (Phi) is 16.0. The smallest absolute Gasteiger partial charge is 0.187 e. The van der Waals surface area contributed by atoms with Crippen molar-refractivity contribution in [1.29, 1.82) is 0 Å². The van der Waals surface area contributed by atoms with Crippen molar-refractivity contribution in [3.63, 3.8) is 0 Å². The van der Waals surface area contributed by atoms with Gasteiger partial charge in [-0.15, -0.1) is 0 Å². The Labute approximate surface area is 124 Å². The molecule has 0 atom stereocenters. The van der Waals surface area contributed by atoms with Crippen molar-refractivity contribution in [1.82, 2.24) is 0 Å². The molecule has 4 heteroatoms. The van der Waals surface area contributed by atoms with E-state index in [1.54, 1.807) is 13.4 Å². The molecule has 0 spiro atoms. The van der Waals surface area contributed by atoms with Crippen LogP contribution in [0.4, 0.5) is 0 Å². The summed E-state index contributed by atoms with van der Waals surface area (Å²) in [5.41, 5.74) is 0. The number of hydrogen-bond acceptors (Lipinski definition) is 4. The molecule has 0 fully saturated rings. The molecule has 0 aromatic rings. The molecule has 0 aliphatic rings. The highest BCUT2D eigenvalue weighted by Gasteiger charge is 2.07. The van der Waals surface area contributed by atoms with Gasteiger partial charge in [-0.05, 0) is 44.6 Å². The number of unbranched alkanes of at least 4 members (excludes halogenated alkanes) is 3. The van der Waals surface area contributed by atoms with Crippen molar-refractivity contribution in [2.24, 2.45) is 0 Å². The van der Waals surface area contributed by atoms with E-state index in [9.17, 15) is 0 Å². The van der Waals surface area contributed by atoms with Gasteiger partial charge in [-0.25, -0.2) is 0 Å². The Hall–Kier alpha value is -0.580. The summed E-state index contributed by atoms with van der Waals surface area (Å²) >= 11 is 0. The normalized spacial score (nSPS) is 11.6. The molecule has 0 saturated carbocycles. The van der Waals surface area contributed by atoms with Gasteiger partial charge in [-0.3, -0.25) is 0 Å². The minimum absolute atomic E-state index is 0.0181. The van der Waals surface area contributed by atoms with Crippen LogP contribution in [0.25, 0.3) is 0 Å². The summed E-state index contributed by atoms with van der Waals surface area (Å²) in [4.78, 5) is 0. The van der Waals surface area contributed by atoms with Crippen LogP contribution in [0.5, 0.6) is 0 Å². The average molecular weight is 288 g/mol. The zero-order chi connectivity index (χ0) is 14.9. The van der Waals surface area contributed by atoms with E-state index in [2.05, 4.69) is 13.8 Å². The fourth-order valence-electron chi connectivity index (χ4n) is 1.71. The van der Waals surface area contributed by atoms with E-state index < -0.39 is 0 Å². The van der Waals surface area contributed by atoms with E-state index in [0.717, 1.165) is 45.3 Å². The van der Waals surface area contributed by atoms with Gasteiger partial charge in [0.2, 0.25) is 0 Å². The zero-order valence-corrected chi connectivity index (χ0v) is 13.4. The monoisotopic (exact) mass is 288 g/mol. The second-order valence-corrected chi connectivity index (χ2v) is 4.75. The van der Waals surface area contributed by atoms with Crippen LogP contribution in [0.3, 0.4) is 0 Å². The van der Waals surface area contributed by atoms with E-state index in [4.69, 9.17) is 18.9 Å². The summed E-state index contributed by atoms with van der Waals surface area (Å²) < 4.78 is 21.2. The Morgan fingerprint density at radius 1 is 0.950 bits per heavy atom. The third-order valence-corrected chi connectivity index (χ3v) is 2.70. The maximum atomic E-state index is 5.70. The molecule has 0 heterocycles. The molecule has 0 unspecified atom stereocenters. The van der Waals surface area contributed by atoms with Crippen molar-refractivity contribution in [3.05, 3.63) is 12.3 Å². The predicted octanol–water partition coefficient (Wildman–Crippen LogP) is 4.25. The molecule has 0 aromatic heterocycles. The largest absolute Gasteiger partial charge is 0.476 e. The predicted molar refractivity (Wildman–Crippen MR) is 81.5 cm³/mol. The lowest BCUT2D eigenvalue weighted by molar-refractivity contribution is -0.146. The molecule has 0 rings (SSSR count). The Morgan fingerprint density at radius 2 is 1.65 bits per heavy atom. The van der Waals surface area contributed by atoms with Crippen LogP contribution in [0.2, 0.25) is 0 Å². The lowest BCUT2D eigenvalue weighted by Crippen LogP contribution is -2.18. The Bertz CT molecular complexity index is 199. The van der Waals surface area contributed by atoms with Crippen molar-refractivity contribution < 1.29 is 18.9 Å². The van der Waals surface area contributed by atoms with Crippen LogP contribution in [0.1, 0.15) is 58.8 Å². The molecule has 0 aliphatic heterocycles. The third-order valence-electron chi connectivity index (χ3n) is 2.70. The fourth-order valence-corrected chi connectivity index (χ4v) is 1.71. The highest BCUT2D eigenvalue weighted by molar-refractivity contribution is 4.72. The number of rotatable bonds is 15. The molecule has 0 aromatic carbocycles. The second-order valence-electron chi connectivity index (χ2n) is 4.75. The van der Waals surface area contributed by atoms with Crippen LogP contribution in [-0.2, 0) is 18.9 Å². The van der Waals surface area contributed by atoms with Gasteiger partial charge in [0.1, 0.15) is 0 Å². The van der Waals surface area contributed by atoms with Crippen molar-refractivity contribution in [2.75, 3.05) is 27.1 Å². The van der Waals surface area contributed by atoms with Crippen LogP contribution in [0, 0.1) is 0 Å². The summed E-state index contributed by atoms with van der Waals surface area (Å²) in [7, 11) is 1.62. The molecule has 20 heavy (non-hydrogen) atoms. The topological polar surface area (TPSA) is 36.9 Å². The van der Waals surface area contributed by atoms with E-state index >= 15 is 0 Å². The molecule has 0 aliphatic carbocycles. The molecule has 0 amide bonds. The molecule has 120 valence electrons. The molecule has 0 radical (unpaired) electrons. The summed E-state index contributed by atoms with van der Waals surface area (Å²) in [6, 6.07) is 0. The molecule has 0 bridgehead atoms. The number of hydrogen-bond donors (Lipinski definition) is 0. The van der Waals surface area contributed by atoms with Gasteiger partial charge >= 0.3 is 0 Å². The first-order chi connectivity index (χ1) is 9.85. The van der Waals surface area contributed by atoms with Gasteiger partial charge < -0.3 is 18.9 Å². The first-order valence-electron chi connectivity index (χ1n) is 7.83. The first-order valence-corrected chi connectivity index (χ1v) is 7.83. The van der Waals surface area contributed by atoms with E-state index in [1.807, 2.05) is 6.08 Å². The zero-order valence-electron chi connectivity index (χ0n) is 13.4. The van der Waals surface area contributed by atoms with Gasteiger partial charge in [0, 0.05) is 20.3 Å². The first kappa shape index (κ1) is 19.4. The summed E-state index contributed by atoms with van der Waals surface area (Å²) in [6.07, 6.45) is 11.3. The molecule has 4 nitrogen and oxygen atoms in total. The highest BCUT2D eigenvalue weighted by atomic mass is 16.7. The van der Waals surface area contributed by atoms with Crippen molar-refractivity contribution in [2.45, 2.75) is 65.1 Å². The highest BCUT2D eigenvalue weighted by Crippen LogP contribution is 2.11. The standard InChI is InChI=1S/C16H32O4/c1-4-12-19-16(20-13-5-2)11-9-7-6-8-10-14-18-15-17-3/h10,14,16H,4-9,11-13,15H2,1-3H3. The van der Waals surface area contributed by atoms with E-state index in [0.29, 0.717) is 6.79 Å². The number of ether oxygens (including phenoxy) is 4. The molecule has 0 saturated heterocycles. The minimum atomic E-state index is -0.0181. The summed E-state index contributed by atoms with van der Waals surface area (Å²) in [5, 5.41) is 0. The fraction of sp³-hybridized carbons (Fsp3) is 0.875. The molecular weight excluding hydrogens is 256 g/mol. The van der Waals surface area contributed by atoms with E-state index in [1.165, 1.54) is 12.8 Å². The van der Waals surface area contributed by atoms with Gasteiger partial charge in [-0.1, -0.05) is 20.3 Å². The quantitative estimate of drug-likeness (QED) is 0.256. The molecular formula is C16H32O4. The minimum Gasteiger partial charge on any atom is -0.476 e. The molecule has 0 N–H and O–H groups in total. The summed E-state index contributed by atoms with van der Waals surface area (Å²) in [5.74, 6) is 0. The van der Waals surface area contributed by atoms with Crippen LogP contribution < -0.4 is 0 Å². The van der Waals surface area contributed by atoms with Crippen molar-refractivity contribution in [3.8, 4) is 0 Å². The van der Waals surface area contributed by atoms with Gasteiger partial charge in [-0.2, -0.15) is 0 Å². The van der Waals surface area contributed by atoms with Crippen LogP contribution in [0.15, 0.2) is 12.3 Å². The van der Waals surface area contributed by atoms with Gasteiger partial charge in [0.25, 0.3) is 0 Å². The van der Waals surface area contributed by atoms with Crippen LogP contribution >= 0.6 is 0 Å².